The molecule has 0 bridgehead atoms. The SMILES string of the molecule is Cl.O=C(NCCCOCC1CCCO1)C1CCNC1. The van der Waals surface area contributed by atoms with Gasteiger partial charge in [0.2, 0.25) is 5.91 Å². The summed E-state index contributed by atoms with van der Waals surface area (Å²) in [7, 11) is 0. The first-order valence-electron chi connectivity index (χ1n) is 7.04. The predicted molar refractivity (Wildman–Crippen MR) is 75.6 cm³/mol. The Kier molecular flexibility index (Phi) is 8.37. The highest BCUT2D eigenvalue weighted by Gasteiger charge is 2.21. The molecule has 2 unspecified atom stereocenters. The molecule has 1 amide bonds. The molecule has 0 spiro atoms. The van der Waals surface area contributed by atoms with Gasteiger partial charge < -0.3 is 20.1 Å². The van der Waals surface area contributed by atoms with Gasteiger partial charge in [0, 0.05) is 26.3 Å². The Morgan fingerprint density at radius 3 is 3.00 bits per heavy atom. The number of amides is 1. The van der Waals surface area contributed by atoms with Crippen LogP contribution in [0.15, 0.2) is 0 Å². The van der Waals surface area contributed by atoms with Gasteiger partial charge in [-0.1, -0.05) is 0 Å². The van der Waals surface area contributed by atoms with Crippen molar-refractivity contribution >= 4 is 18.3 Å². The van der Waals surface area contributed by atoms with Gasteiger partial charge in [-0.05, 0) is 32.2 Å². The van der Waals surface area contributed by atoms with Crippen LogP contribution in [0.3, 0.4) is 0 Å². The van der Waals surface area contributed by atoms with Crippen LogP contribution in [0.4, 0.5) is 0 Å². The summed E-state index contributed by atoms with van der Waals surface area (Å²) < 4.78 is 11.0. The molecule has 2 aliphatic rings. The van der Waals surface area contributed by atoms with E-state index in [1.165, 1.54) is 0 Å². The number of carbonyl (C=O) groups excluding carboxylic acids is 1. The summed E-state index contributed by atoms with van der Waals surface area (Å²) in [4.78, 5) is 11.7. The second-order valence-corrected chi connectivity index (χ2v) is 5.04. The minimum absolute atomic E-state index is 0. The van der Waals surface area contributed by atoms with E-state index >= 15 is 0 Å². The van der Waals surface area contributed by atoms with Gasteiger partial charge in [0.15, 0.2) is 0 Å². The van der Waals surface area contributed by atoms with Crippen molar-refractivity contribution in [1.82, 2.24) is 10.6 Å². The molecule has 112 valence electrons. The van der Waals surface area contributed by atoms with E-state index in [0.29, 0.717) is 25.9 Å². The van der Waals surface area contributed by atoms with Gasteiger partial charge in [-0.3, -0.25) is 4.79 Å². The van der Waals surface area contributed by atoms with Crippen LogP contribution >= 0.6 is 12.4 Å². The van der Waals surface area contributed by atoms with Crippen LogP contribution < -0.4 is 10.6 Å². The molecule has 2 aliphatic heterocycles. The third-order valence-corrected chi connectivity index (χ3v) is 3.52. The standard InChI is InChI=1S/C13H24N2O3.ClH/c16-13(11-4-6-14-9-11)15-5-2-7-17-10-12-3-1-8-18-12;/h11-12,14H,1-10H2,(H,15,16);1H. The first-order valence-corrected chi connectivity index (χ1v) is 7.04. The lowest BCUT2D eigenvalue weighted by atomic mass is 10.1. The topological polar surface area (TPSA) is 59.6 Å². The average molecular weight is 293 g/mol. The predicted octanol–water partition coefficient (Wildman–Crippen LogP) is 0.720. The normalized spacial score (nSPS) is 26.1. The molecule has 2 rings (SSSR count). The van der Waals surface area contributed by atoms with Gasteiger partial charge >= 0.3 is 0 Å². The molecular formula is C13H25ClN2O3. The van der Waals surface area contributed by atoms with Crippen molar-refractivity contribution in [2.45, 2.75) is 31.8 Å². The fraction of sp³-hybridized carbons (Fsp3) is 0.923. The number of nitrogens with one attached hydrogen (secondary N) is 2. The summed E-state index contributed by atoms with van der Waals surface area (Å²) in [6.07, 6.45) is 4.40. The molecule has 2 heterocycles. The maximum Gasteiger partial charge on any atom is 0.224 e. The van der Waals surface area contributed by atoms with Crippen molar-refractivity contribution < 1.29 is 14.3 Å². The smallest absolute Gasteiger partial charge is 0.224 e. The summed E-state index contributed by atoms with van der Waals surface area (Å²) in [5.74, 6) is 0.344. The Morgan fingerprint density at radius 1 is 1.42 bits per heavy atom. The Balaban J connectivity index is 0.00000180. The molecule has 0 aliphatic carbocycles. The van der Waals surface area contributed by atoms with Gasteiger partial charge in [-0.2, -0.15) is 0 Å². The molecule has 2 N–H and O–H groups in total. The molecule has 19 heavy (non-hydrogen) atoms. The van der Waals surface area contributed by atoms with E-state index in [-0.39, 0.29) is 24.2 Å². The molecule has 2 saturated heterocycles. The van der Waals surface area contributed by atoms with Gasteiger partial charge in [0.05, 0.1) is 18.6 Å². The molecule has 0 aromatic carbocycles. The van der Waals surface area contributed by atoms with E-state index < -0.39 is 0 Å². The first-order chi connectivity index (χ1) is 8.86. The molecule has 2 atom stereocenters. The average Bonchev–Trinajstić information content (AvgIpc) is 3.05. The monoisotopic (exact) mass is 292 g/mol. The maximum atomic E-state index is 11.7. The summed E-state index contributed by atoms with van der Waals surface area (Å²) in [6, 6.07) is 0. The highest BCUT2D eigenvalue weighted by Crippen LogP contribution is 2.11. The molecule has 0 aromatic heterocycles. The molecule has 0 radical (unpaired) electrons. The van der Waals surface area contributed by atoms with Crippen LogP contribution in [-0.4, -0.2) is 51.5 Å². The van der Waals surface area contributed by atoms with E-state index in [0.717, 1.165) is 45.4 Å². The van der Waals surface area contributed by atoms with Gasteiger partial charge in [-0.25, -0.2) is 0 Å². The first kappa shape index (κ1) is 16.7. The zero-order chi connectivity index (χ0) is 12.6. The zero-order valence-corrected chi connectivity index (χ0v) is 12.2. The Labute approximate surface area is 121 Å². The Hall–Kier alpha value is -0.360. The summed E-state index contributed by atoms with van der Waals surface area (Å²) in [5, 5.41) is 6.16. The van der Waals surface area contributed by atoms with Crippen LogP contribution in [0, 0.1) is 5.92 Å². The molecule has 5 nitrogen and oxygen atoms in total. The molecule has 2 fully saturated rings. The van der Waals surface area contributed by atoms with Gasteiger partial charge in [0.1, 0.15) is 0 Å². The molecular weight excluding hydrogens is 268 g/mol. The number of carbonyl (C=O) groups is 1. The van der Waals surface area contributed by atoms with E-state index in [1.54, 1.807) is 0 Å². The lowest BCUT2D eigenvalue weighted by Gasteiger charge is -2.11. The minimum atomic E-state index is 0. The quantitative estimate of drug-likeness (QED) is 0.679. The number of halogens is 1. The van der Waals surface area contributed by atoms with Crippen molar-refractivity contribution in [2.24, 2.45) is 5.92 Å². The minimum Gasteiger partial charge on any atom is -0.379 e. The second-order valence-electron chi connectivity index (χ2n) is 5.04. The van der Waals surface area contributed by atoms with E-state index in [1.807, 2.05) is 0 Å². The lowest BCUT2D eigenvalue weighted by molar-refractivity contribution is -0.124. The van der Waals surface area contributed by atoms with E-state index in [4.69, 9.17) is 9.47 Å². The highest BCUT2D eigenvalue weighted by molar-refractivity contribution is 5.85. The van der Waals surface area contributed by atoms with Gasteiger partial charge in [-0.15, -0.1) is 12.4 Å². The van der Waals surface area contributed by atoms with E-state index in [9.17, 15) is 4.79 Å². The van der Waals surface area contributed by atoms with Crippen molar-refractivity contribution in [2.75, 3.05) is 39.5 Å². The molecule has 0 aromatic rings. The Morgan fingerprint density at radius 2 is 2.32 bits per heavy atom. The second kappa shape index (κ2) is 9.53. The van der Waals surface area contributed by atoms with Crippen molar-refractivity contribution in [3.05, 3.63) is 0 Å². The largest absolute Gasteiger partial charge is 0.379 e. The number of rotatable bonds is 7. The molecule has 6 heteroatoms. The van der Waals surface area contributed by atoms with Crippen LogP contribution in [0.5, 0.6) is 0 Å². The van der Waals surface area contributed by atoms with Crippen molar-refractivity contribution in [3.8, 4) is 0 Å². The van der Waals surface area contributed by atoms with Crippen LogP contribution in [0.2, 0.25) is 0 Å². The third-order valence-electron chi connectivity index (χ3n) is 3.52. The zero-order valence-electron chi connectivity index (χ0n) is 11.4. The fourth-order valence-corrected chi connectivity index (χ4v) is 2.40. The third kappa shape index (κ3) is 6.08. The lowest BCUT2D eigenvalue weighted by Crippen LogP contribution is -2.33. The van der Waals surface area contributed by atoms with E-state index in [2.05, 4.69) is 10.6 Å². The van der Waals surface area contributed by atoms with Crippen LogP contribution in [0.25, 0.3) is 0 Å². The van der Waals surface area contributed by atoms with Gasteiger partial charge in [0.25, 0.3) is 0 Å². The number of hydrogen-bond acceptors (Lipinski definition) is 4. The summed E-state index contributed by atoms with van der Waals surface area (Å²) in [5.41, 5.74) is 0. The molecule has 0 saturated carbocycles. The van der Waals surface area contributed by atoms with Crippen LogP contribution in [-0.2, 0) is 14.3 Å². The number of ether oxygens (including phenoxy) is 2. The highest BCUT2D eigenvalue weighted by atomic mass is 35.5. The fourth-order valence-electron chi connectivity index (χ4n) is 2.40. The maximum absolute atomic E-state index is 11.7. The van der Waals surface area contributed by atoms with Crippen molar-refractivity contribution in [3.63, 3.8) is 0 Å². The number of hydrogen-bond donors (Lipinski definition) is 2. The van der Waals surface area contributed by atoms with Crippen LogP contribution in [0.1, 0.15) is 25.7 Å². The van der Waals surface area contributed by atoms with Crippen molar-refractivity contribution in [1.29, 1.82) is 0 Å². The summed E-state index contributed by atoms with van der Waals surface area (Å²) >= 11 is 0. The Bertz CT molecular complexity index is 254. The summed E-state index contributed by atoms with van der Waals surface area (Å²) in [6.45, 7) is 4.76.